The third-order valence-electron chi connectivity index (χ3n) is 2.94. The van der Waals surface area contributed by atoms with Crippen molar-refractivity contribution >= 4 is 10.0 Å². The Morgan fingerprint density at radius 2 is 1.94 bits per heavy atom. The SMILES string of the molecule is COC1CN(S(=O)(=O)c2ccc(CN)cc2)C1. The summed E-state index contributed by atoms with van der Waals surface area (Å²) in [7, 11) is -1.77. The van der Waals surface area contributed by atoms with E-state index >= 15 is 0 Å². The molecule has 17 heavy (non-hydrogen) atoms. The van der Waals surface area contributed by atoms with Gasteiger partial charge in [0, 0.05) is 26.7 Å². The topological polar surface area (TPSA) is 72.6 Å². The van der Waals surface area contributed by atoms with E-state index in [1.807, 2.05) is 0 Å². The van der Waals surface area contributed by atoms with E-state index in [-0.39, 0.29) is 6.10 Å². The molecule has 0 bridgehead atoms. The molecule has 0 aromatic heterocycles. The number of rotatable bonds is 4. The van der Waals surface area contributed by atoms with Crippen LogP contribution in [0, 0.1) is 0 Å². The minimum Gasteiger partial charge on any atom is -0.379 e. The van der Waals surface area contributed by atoms with Crippen molar-refractivity contribution in [3.63, 3.8) is 0 Å². The summed E-state index contributed by atoms with van der Waals surface area (Å²) in [5, 5.41) is 0. The largest absolute Gasteiger partial charge is 0.379 e. The first-order valence-corrected chi connectivity index (χ1v) is 6.84. The molecular formula is C11H16N2O3S. The molecule has 1 heterocycles. The molecule has 0 spiro atoms. The molecule has 1 saturated heterocycles. The van der Waals surface area contributed by atoms with E-state index in [1.165, 1.54) is 4.31 Å². The zero-order chi connectivity index (χ0) is 12.5. The van der Waals surface area contributed by atoms with Crippen LogP contribution in [0.1, 0.15) is 5.56 Å². The summed E-state index contributed by atoms with van der Waals surface area (Å²) in [6.07, 6.45) is 0.0214. The molecule has 0 aliphatic carbocycles. The Labute approximate surface area is 101 Å². The molecular weight excluding hydrogens is 240 g/mol. The van der Waals surface area contributed by atoms with Crippen LogP contribution in [0.2, 0.25) is 0 Å². The molecule has 1 fully saturated rings. The van der Waals surface area contributed by atoms with Crippen molar-refractivity contribution < 1.29 is 13.2 Å². The Kier molecular flexibility index (Phi) is 3.48. The van der Waals surface area contributed by atoms with Crippen LogP contribution in [-0.4, -0.2) is 39.0 Å². The van der Waals surface area contributed by atoms with Crippen molar-refractivity contribution in [1.82, 2.24) is 4.31 Å². The number of nitrogens with two attached hydrogens (primary N) is 1. The molecule has 2 N–H and O–H groups in total. The molecule has 1 aromatic rings. The predicted molar refractivity (Wildman–Crippen MR) is 63.9 cm³/mol. The highest BCUT2D eigenvalue weighted by atomic mass is 32.2. The fraction of sp³-hybridized carbons (Fsp3) is 0.455. The number of benzene rings is 1. The highest BCUT2D eigenvalue weighted by Gasteiger charge is 2.36. The van der Waals surface area contributed by atoms with E-state index in [4.69, 9.17) is 10.5 Å². The van der Waals surface area contributed by atoms with Gasteiger partial charge in [0.1, 0.15) is 0 Å². The van der Waals surface area contributed by atoms with E-state index in [2.05, 4.69) is 0 Å². The number of sulfonamides is 1. The lowest BCUT2D eigenvalue weighted by Crippen LogP contribution is -2.54. The smallest absolute Gasteiger partial charge is 0.243 e. The first kappa shape index (κ1) is 12.5. The van der Waals surface area contributed by atoms with Crippen molar-refractivity contribution in [3.8, 4) is 0 Å². The number of hydrogen-bond acceptors (Lipinski definition) is 4. The van der Waals surface area contributed by atoms with Gasteiger partial charge in [0.15, 0.2) is 0 Å². The maximum atomic E-state index is 12.1. The fourth-order valence-electron chi connectivity index (χ4n) is 1.69. The average Bonchev–Trinajstić information content (AvgIpc) is 2.27. The van der Waals surface area contributed by atoms with E-state index < -0.39 is 10.0 Å². The first-order chi connectivity index (χ1) is 8.07. The maximum Gasteiger partial charge on any atom is 0.243 e. The molecule has 1 aromatic carbocycles. The van der Waals surface area contributed by atoms with E-state index in [0.717, 1.165) is 5.56 Å². The molecule has 0 atom stereocenters. The van der Waals surface area contributed by atoms with Crippen molar-refractivity contribution in [2.24, 2.45) is 5.73 Å². The minimum atomic E-state index is -3.36. The average molecular weight is 256 g/mol. The second-order valence-corrected chi connectivity index (χ2v) is 5.97. The highest BCUT2D eigenvalue weighted by Crippen LogP contribution is 2.22. The van der Waals surface area contributed by atoms with Gasteiger partial charge in [-0.2, -0.15) is 4.31 Å². The second-order valence-electron chi connectivity index (χ2n) is 4.03. The van der Waals surface area contributed by atoms with E-state index in [0.29, 0.717) is 24.5 Å². The lowest BCUT2D eigenvalue weighted by atomic mass is 10.2. The van der Waals surface area contributed by atoms with Crippen molar-refractivity contribution in [3.05, 3.63) is 29.8 Å². The number of methoxy groups -OCH3 is 1. The lowest BCUT2D eigenvalue weighted by Gasteiger charge is -2.36. The van der Waals surface area contributed by atoms with Crippen molar-refractivity contribution in [2.45, 2.75) is 17.5 Å². The van der Waals surface area contributed by atoms with E-state index in [1.54, 1.807) is 31.4 Å². The zero-order valence-corrected chi connectivity index (χ0v) is 10.5. The number of ether oxygens (including phenoxy) is 1. The summed E-state index contributed by atoms with van der Waals surface area (Å²) < 4.78 is 30.7. The Morgan fingerprint density at radius 1 is 1.35 bits per heavy atom. The molecule has 0 saturated carbocycles. The summed E-state index contributed by atoms with van der Waals surface area (Å²) in [6, 6.07) is 6.66. The van der Waals surface area contributed by atoms with Gasteiger partial charge in [-0.3, -0.25) is 0 Å². The fourth-order valence-corrected chi connectivity index (χ4v) is 3.20. The van der Waals surface area contributed by atoms with Gasteiger partial charge in [0.25, 0.3) is 0 Å². The summed E-state index contributed by atoms with van der Waals surface area (Å²) >= 11 is 0. The summed E-state index contributed by atoms with van der Waals surface area (Å²) in [5.41, 5.74) is 6.38. The van der Waals surface area contributed by atoms with Crippen molar-refractivity contribution in [1.29, 1.82) is 0 Å². The summed E-state index contributed by atoms with van der Waals surface area (Å²) in [4.78, 5) is 0.309. The molecule has 2 rings (SSSR count). The molecule has 1 aliphatic rings. The van der Waals surface area contributed by atoms with Gasteiger partial charge in [-0.15, -0.1) is 0 Å². The van der Waals surface area contributed by atoms with Gasteiger partial charge in [-0.1, -0.05) is 12.1 Å². The Hall–Kier alpha value is -0.950. The van der Waals surface area contributed by atoms with Gasteiger partial charge in [-0.25, -0.2) is 8.42 Å². The van der Waals surface area contributed by atoms with Crippen LogP contribution in [0.3, 0.4) is 0 Å². The maximum absolute atomic E-state index is 12.1. The van der Waals surface area contributed by atoms with Gasteiger partial charge in [0.05, 0.1) is 11.0 Å². The molecule has 94 valence electrons. The molecule has 6 heteroatoms. The molecule has 0 radical (unpaired) electrons. The van der Waals surface area contributed by atoms with Gasteiger partial charge in [-0.05, 0) is 17.7 Å². The third-order valence-corrected chi connectivity index (χ3v) is 4.79. The van der Waals surface area contributed by atoms with Crippen LogP contribution in [-0.2, 0) is 21.3 Å². The Bertz CT molecular complexity index is 478. The van der Waals surface area contributed by atoms with Crippen LogP contribution in [0.15, 0.2) is 29.2 Å². The lowest BCUT2D eigenvalue weighted by molar-refractivity contribution is 0.0125. The number of hydrogen-bond donors (Lipinski definition) is 1. The van der Waals surface area contributed by atoms with Crippen molar-refractivity contribution in [2.75, 3.05) is 20.2 Å². The summed E-state index contributed by atoms with van der Waals surface area (Å²) in [5.74, 6) is 0. The van der Waals surface area contributed by atoms with Crippen LogP contribution < -0.4 is 5.73 Å². The third kappa shape index (κ3) is 2.35. The van der Waals surface area contributed by atoms with Gasteiger partial charge in [0.2, 0.25) is 10.0 Å². The Morgan fingerprint density at radius 3 is 2.41 bits per heavy atom. The number of nitrogens with zero attached hydrogens (tertiary/aromatic N) is 1. The first-order valence-electron chi connectivity index (χ1n) is 5.40. The molecule has 5 nitrogen and oxygen atoms in total. The Balaban J connectivity index is 2.15. The standard InChI is InChI=1S/C11H16N2O3S/c1-16-10-7-13(8-10)17(14,15)11-4-2-9(6-12)3-5-11/h2-5,10H,6-8,12H2,1H3. The van der Waals surface area contributed by atoms with E-state index in [9.17, 15) is 8.42 Å². The van der Waals surface area contributed by atoms with Crippen LogP contribution in [0.25, 0.3) is 0 Å². The molecule has 1 aliphatic heterocycles. The van der Waals surface area contributed by atoms with Crippen LogP contribution >= 0.6 is 0 Å². The van der Waals surface area contributed by atoms with Gasteiger partial charge < -0.3 is 10.5 Å². The minimum absolute atomic E-state index is 0.0214. The van der Waals surface area contributed by atoms with Gasteiger partial charge >= 0.3 is 0 Å². The zero-order valence-electron chi connectivity index (χ0n) is 9.67. The quantitative estimate of drug-likeness (QED) is 0.833. The molecule has 0 amide bonds. The highest BCUT2D eigenvalue weighted by molar-refractivity contribution is 7.89. The predicted octanol–water partition coefficient (Wildman–Crippen LogP) is 0.165. The second kappa shape index (κ2) is 4.73. The van der Waals surface area contributed by atoms with Crippen LogP contribution in [0.5, 0.6) is 0 Å². The monoisotopic (exact) mass is 256 g/mol. The normalized spacial score (nSPS) is 18.0. The molecule has 0 unspecified atom stereocenters. The summed E-state index contributed by atoms with van der Waals surface area (Å²) in [6.45, 7) is 1.27. The van der Waals surface area contributed by atoms with Crippen LogP contribution in [0.4, 0.5) is 0 Å².